The fourth-order valence-electron chi connectivity index (χ4n) is 2.43. The second-order valence-corrected chi connectivity index (χ2v) is 7.23. The first-order chi connectivity index (χ1) is 10.6. The van der Waals surface area contributed by atoms with E-state index in [2.05, 4.69) is 10.1 Å². The summed E-state index contributed by atoms with van der Waals surface area (Å²) < 4.78 is 33.7. The van der Waals surface area contributed by atoms with Crippen molar-refractivity contribution >= 4 is 10.0 Å². The molecule has 0 N–H and O–H groups in total. The molecule has 7 nitrogen and oxygen atoms in total. The molecule has 8 heteroatoms. The highest BCUT2D eigenvalue weighted by molar-refractivity contribution is 7.89. The first-order valence-electron chi connectivity index (χ1n) is 7.05. The molecule has 1 saturated heterocycles. The van der Waals surface area contributed by atoms with Gasteiger partial charge in [-0.3, -0.25) is 9.67 Å². The molecule has 1 aliphatic heterocycles. The van der Waals surface area contributed by atoms with Gasteiger partial charge in [0.05, 0.1) is 18.9 Å². The quantitative estimate of drug-likeness (QED) is 0.813. The molecule has 0 saturated carbocycles. The Hall–Kier alpha value is -1.77. The van der Waals surface area contributed by atoms with Crippen LogP contribution in [0.1, 0.15) is 12.0 Å². The second-order valence-electron chi connectivity index (χ2n) is 5.29. The summed E-state index contributed by atoms with van der Waals surface area (Å²) >= 11 is 0. The van der Waals surface area contributed by atoms with E-state index in [0.717, 1.165) is 5.56 Å². The van der Waals surface area contributed by atoms with E-state index in [4.69, 9.17) is 4.74 Å². The number of sulfonamides is 1. The van der Waals surface area contributed by atoms with Crippen molar-refractivity contribution in [2.75, 3.05) is 13.1 Å². The van der Waals surface area contributed by atoms with Crippen LogP contribution in [0.25, 0.3) is 0 Å². The van der Waals surface area contributed by atoms with Gasteiger partial charge in [0.1, 0.15) is 4.90 Å². The highest BCUT2D eigenvalue weighted by Crippen LogP contribution is 2.22. The third-order valence-corrected chi connectivity index (χ3v) is 5.48. The van der Waals surface area contributed by atoms with Gasteiger partial charge in [-0.2, -0.15) is 9.40 Å². The SMILES string of the molecule is Cn1cc(S(=O)(=O)N2CCC(OCc3ccncc3)C2)cn1. The third kappa shape index (κ3) is 3.18. The number of hydrogen-bond donors (Lipinski definition) is 0. The standard InChI is InChI=1S/C14H18N4O3S/c1-17-10-14(8-16-17)22(19,20)18-7-4-13(9-18)21-11-12-2-5-15-6-3-12/h2-3,5-6,8,10,13H,4,7,9,11H2,1H3. The van der Waals surface area contributed by atoms with E-state index in [0.29, 0.717) is 26.1 Å². The van der Waals surface area contributed by atoms with Gasteiger partial charge in [0.25, 0.3) is 0 Å². The average Bonchev–Trinajstić information content (AvgIpc) is 3.16. The second kappa shape index (κ2) is 6.15. The molecule has 3 heterocycles. The maximum Gasteiger partial charge on any atom is 0.246 e. The van der Waals surface area contributed by atoms with E-state index in [9.17, 15) is 8.42 Å². The zero-order valence-corrected chi connectivity index (χ0v) is 13.1. The van der Waals surface area contributed by atoms with Gasteiger partial charge >= 0.3 is 0 Å². The van der Waals surface area contributed by atoms with Crippen molar-refractivity contribution in [3.63, 3.8) is 0 Å². The van der Waals surface area contributed by atoms with Crippen LogP contribution in [0.2, 0.25) is 0 Å². The molecular formula is C14H18N4O3S. The zero-order valence-electron chi connectivity index (χ0n) is 12.3. The maximum absolute atomic E-state index is 12.5. The molecule has 2 aromatic rings. The van der Waals surface area contributed by atoms with Crippen molar-refractivity contribution in [1.82, 2.24) is 19.1 Å². The summed E-state index contributed by atoms with van der Waals surface area (Å²) in [5, 5.41) is 3.92. The first-order valence-corrected chi connectivity index (χ1v) is 8.49. The van der Waals surface area contributed by atoms with Gasteiger partial charge < -0.3 is 4.74 Å². The molecule has 1 fully saturated rings. The highest BCUT2D eigenvalue weighted by atomic mass is 32.2. The largest absolute Gasteiger partial charge is 0.372 e. The van der Waals surface area contributed by atoms with Crippen LogP contribution in [-0.2, 0) is 28.4 Å². The van der Waals surface area contributed by atoms with Gasteiger partial charge in [-0.05, 0) is 24.1 Å². The molecule has 0 aromatic carbocycles. The van der Waals surface area contributed by atoms with Gasteiger partial charge in [-0.15, -0.1) is 0 Å². The lowest BCUT2D eigenvalue weighted by Crippen LogP contribution is -2.30. The minimum absolute atomic E-state index is 0.0837. The van der Waals surface area contributed by atoms with Gasteiger partial charge in [0.15, 0.2) is 0 Å². The molecule has 22 heavy (non-hydrogen) atoms. The molecule has 0 aliphatic carbocycles. The van der Waals surface area contributed by atoms with Crippen molar-refractivity contribution in [2.45, 2.75) is 24.0 Å². The number of pyridine rings is 1. The first kappa shape index (κ1) is 15.1. The van der Waals surface area contributed by atoms with Crippen LogP contribution in [0.5, 0.6) is 0 Å². The molecule has 1 aliphatic rings. The van der Waals surface area contributed by atoms with Crippen molar-refractivity contribution in [1.29, 1.82) is 0 Å². The van der Waals surface area contributed by atoms with Crippen LogP contribution in [0, 0.1) is 0 Å². The summed E-state index contributed by atoms with van der Waals surface area (Å²) in [7, 11) is -1.78. The number of ether oxygens (including phenoxy) is 1. The minimum atomic E-state index is -3.47. The summed E-state index contributed by atoms with van der Waals surface area (Å²) in [5.74, 6) is 0. The van der Waals surface area contributed by atoms with Crippen LogP contribution < -0.4 is 0 Å². The number of rotatable bonds is 5. The molecule has 118 valence electrons. The van der Waals surface area contributed by atoms with Crippen LogP contribution in [0.4, 0.5) is 0 Å². The third-order valence-electron chi connectivity index (χ3n) is 3.66. The number of aromatic nitrogens is 3. The van der Waals surface area contributed by atoms with Crippen LogP contribution in [0.15, 0.2) is 41.8 Å². The average molecular weight is 322 g/mol. The summed E-state index contributed by atoms with van der Waals surface area (Å²) in [4.78, 5) is 4.18. The Balaban J connectivity index is 1.60. The van der Waals surface area contributed by atoms with E-state index in [1.54, 1.807) is 19.4 Å². The monoisotopic (exact) mass is 322 g/mol. The smallest absolute Gasteiger partial charge is 0.246 e. The van der Waals surface area contributed by atoms with Crippen LogP contribution >= 0.6 is 0 Å². The van der Waals surface area contributed by atoms with Gasteiger partial charge in [0, 0.05) is 38.7 Å². The van der Waals surface area contributed by atoms with E-state index >= 15 is 0 Å². The molecule has 0 bridgehead atoms. The summed E-state index contributed by atoms with van der Waals surface area (Å²) in [6.45, 7) is 1.31. The van der Waals surface area contributed by atoms with Crippen LogP contribution in [-0.4, -0.2) is 46.7 Å². The van der Waals surface area contributed by atoms with E-state index < -0.39 is 10.0 Å². The van der Waals surface area contributed by atoms with E-state index in [1.165, 1.54) is 21.4 Å². The normalized spacial score (nSPS) is 19.6. The topological polar surface area (TPSA) is 77.3 Å². The molecule has 2 aromatic heterocycles. The molecule has 0 amide bonds. The van der Waals surface area contributed by atoms with Gasteiger partial charge in [-0.25, -0.2) is 8.42 Å². The van der Waals surface area contributed by atoms with Crippen molar-refractivity contribution in [2.24, 2.45) is 7.05 Å². The Morgan fingerprint density at radius 3 is 2.82 bits per heavy atom. The summed E-state index contributed by atoms with van der Waals surface area (Å²) in [6.07, 6.45) is 6.93. The molecular weight excluding hydrogens is 304 g/mol. The van der Waals surface area contributed by atoms with Crippen molar-refractivity contribution in [3.05, 3.63) is 42.5 Å². The number of hydrogen-bond acceptors (Lipinski definition) is 5. The highest BCUT2D eigenvalue weighted by Gasteiger charge is 2.33. The molecule has 0 radical (unpaired) electrons. The molecule has 1 unspecified atom stereocenters. The van der Waals surface area contributed by atoms with Crippen molar-refractivity contribution in [3.8, 4) is 0 Å². The zero-order chi connectivity index (χ0) is 15.6. The molecule has 1 atom stereocenters. The Morgan fingerprint density at radius 1 is 1.36 bits per heavy atom. The maximum atomic E-state index is 12.5. The Labute approximate surface area is 129 Å². The number of aryl methyl sites for hydroxylation is 1. The lowest BCUT2D eigenvalue weighted by Gasteiger charge is -2.15. The van der Waals surface area contributed by atoms with E-state index in [1.807, 2.05) is 12.1 Å². The summed E-state index contributed by atoms with van der Waals surface area (Å²) in [5.41, 5.74) is 1.03. The molecule has 0 spiro atoms. The summed E-state index contributed by atoms with van der Waals surface area (Å²) in [6, 6.07) is 3.78. The fourth-order valence-corrected chi connectivity index (χ4v) is 3.90. The fraction of sp³-hybridized carbons (Fsp3) is 0.429. The van der Waals surface area contributed by atoms with Gasteiger partial charge in [-0.1, -0.05) is 0 Å². The lowest BCUT2D eigenvalue weighted by atomic mass is 10.3. The van der Waals surface area contributed by atoms with E-state index in [-0.39, 0.29) is 11.0 Å². The Bertz CT molecular complexity index is 730. The molecule has 3 rings (SSSR count). The Morgan fingerprint density at radius 2 is 2.14 bits per heavy atom. The number of nitrogens with zero attached hydrogens (tertiary/aromatic N) is 4. The van der Waals surface area contributed by atoms with Gasteiger partial charge in [0.2, 0.25) is 10.0 Å². The van der Waals surface area contributed by atoms with Crippen molar-refractivity contribution < 1.29 is 13.2 Å². The predicted molar refractivity (Wildman–Crippen MR) is 79.4 cm³/mol. The predicted octanol–water partition coefficient (Wildman–Crippen LogP) is 0.795. The Kier molecular flexibility index (Phi) is 4.23. The minimum Gasteiger partial charge on any atom is -0.372 e. The van der Waals surface area contributed by atoms with Crippen LogP contribution in [0.3, 0.4) is 0 Å². The lowest BCUT2D eigenvalue weighted by molar-refractivity contribution is 0.0508.